The highest BCUT2D eigenvalue weighted by Crippen LogP contribution is 2.43. The van der Waals surface area contributed by atoms with Crippen molar-refractivity contribution in [3.05, 3.63) is 77.6 Å². The van der Waals surface area contributed by atoms with Crippen LogP contribution in [-0.2, 0) is 10.4 Å². The van der Waals surface area contributed by atoms with Crippen LogP contribution in [0.4, 0.5) is 10.1 Å². The number of anilines is 1. The molecule has 25 heavy (non-hydrogen) atoms. The van der Waals surface area contributed by atoms with Crippen molar-refractivity contribution >= 4 is 17.4 Å². The van der Waals surface area contributed by atoms with Crippen LogP contribution < -0.4 is 4.90 Å². The van der Waals surface area contributed by atoms with Crippen molar-refractivity contribution in [2.24, 2.45) is 0 Å². The van der Waals surface area contributed by atoms with Gasteiger partial charge in [0, 0.05) is 17.7 Å². The molecular weight excluding hydrogens is 321 g/mol. The first-order valence-corrected chi connectivity index (χ1v) is 7.90. The Morgan fingerprint density at radius 3 is 2.48 bits per heavy atom. The zero-order valence-corrected chi connectivity index (χ0v) is 13.8. The number of ketones is 1. The predicted octanol–water partition coefficient (Wildman–Crippen LogP) is 3.21. The SMILES string of the molecule is C=C(C)CN1C(=O)[C@@](O)(CC(=O)c2ccc(F)cc2)c2ccccc21. The largest absolute Gasteiger partial charge is 0.375 e. The second-order valence-electron chi connectivity index (χ2n) is 6.33. The quantitative estimate of drug-likeness (QED) is 0.672. The number of hydrogen-bond acceptors (Lipinski definition) is 3. The van der Waals surface area contributed by atoms with Gasteiger partial charge in [0.1, 0.15) is 5.82 Å². The molecule has 2 aromatic rings. The number of benzene rings is 2. The molecule has 0 saturated heterocycles. The Bertz CT molecular complexity index is 859. The first kappa shape index (κ1) is 17.0. The normalized spacial score (nSPS) is 19.0. The Hall–Kier alpha value is -2.79. The first-order valence-electron chi connectivity index (χ1n) is 7.90. The molecule has 0 saturated carbocycles. The molecule has 5 heteroatoms. The molecule has 3 rings (SSSR count). The molecule has 1 heterocycles. The van der Waals surface area contributed by atoms with Crippen molar-refractivity contribution < 1.29 is 19.1 Å². The zero-order valence-electron chi connectivity index (χ0n) is 13.8. The van der Waals surface area contributed by atoms with E-state index in [9.17, 15) is 19.1 Å². The molecule has 0 unspecified atom stereocenters. The summed E-state index contributed by atoms with van der Waals surface area (Å²) in [7, 11) is 0. The van der Waals surface area contributed by atoms with Crippen LogP contribution in [0.3, 0.4) is 0 Å². The molecular formula is C20H18FNO3. The van der Waals surface area contributed by atoms with E-state index in [2.05, 4.69) is 6.58 Å². The van der Waals surface area contributed by atoms with Crippen LogP contribution in [-0.4, -0.2) is 23.3 Å². The van der Waals surface area contributed by atoms with E-state index >= 15 is 0 Å². The van der Waals surface area contributed by atoms with Crippen LogP contribution in [0, 0.1) is 5.82 Å². The average Bonchev–Trinajstić information content (AvgIpc) is 2.77. The van der Waals surface area contributed by atoms with Crippen LogP contribution >= 0.6 is 0 Å². The van der Waals surface area contributed by atoms with Crippen LogP contribution in [0.25, 0.3) is 0 Å². The molecule has 1 N–H and O–H groups in total. The third-order valence-electron chi connectivity index (χ3n) is 4.25. The van der Waals surface area contributed by atoms with Gasteiger partial charge in [0.2, 0.25) is 0 Å². The lowest BCUT2D eigenvalue weighted by Crippen LogP contribution is -2.42. The molecule has 1 aliphatic heterocycles. The fourth-order valence-electron chi connectivity index (χ4n) is 3.07. The third kappa shape index (κ3) is 2.98. The highest BCUT2D eigenvalue weighted by Gasteiger charge is 2.50. The highest BCUT2D eigenvalue weighted by atomic mass is 19.1. The molecule has 2 aromatic carbocycles. The molecule has 0 radical (unpaired) electrons. The van der Waals surface area contributed by atoms with Gasteiger partial charge in [0.25, 0.3) is 5.91 Å². The second-order valence-corrected chi connectivity index (χ2v) is 6.33. The minimum atomic E-state index is -1.93. The first-order chi connectivity index (χ1) is 11.8. The van der Waals surface area contributed by atoms with Crippen molar-refractivity contribution in [2.45, 2.75) is 18.9 Å². The van der Waals surface area contributed by atoms with Gasteiger partial charge in [0.15, 0.2) is 11.4 Å². The number of fused-ring (bicyclic) bond motifs is 1. The minimum absolute atomic E-state index is 0.249. The number of halogens is 1. The van der Waals surface area contributed by atoms with Crippen molar-refractivity contribution in [2.75, 3.05) is 11.4 Å². The van der Waals surface area contributed by atoms with E-state index in [-0.39, 0.29) is 12.1 Å². The van der Waals surface area contributed by atoms with Crippen LogP contribution in [0.1, 0.15) is 29.3 Å². The topological polar surface area (TPSA) is 57.6 Å². The van der Waals surface area contributed by atoms with Gasteiger partial charge in [-0.1, -0.05) is 30.4 Å². The summed E-state index contributed by atoms with van der Waals surface area (Å²) in [4.78, 5) is 26.8. The Kier molecular flexibility index (Phi) is 4.27. The van der Waals surface area contributed by atoms with Gasteiger partial charge in [-0.2, -0.15) is 0 Å². The summed E-state index contributed by atoms with van der Waals surface area (Å²) in [5, 5.41) is 11.1. The molecule has 1 amide bonds. The standard InChI is InChI=1S/C20H18FNO3/c1-13(2)12-22-17-6-4-3-5-16(17)20(25,19(22)24)11-18(23)14-7-9-15(21)10-8-14/h3-10,25H,1,11-12H2,2H3/t20-/m1/s1. The maximum absolute atomic E-state index is 13.0. The van der Waals surface area contributed by atoms with Crippen molar-refractivity contribution in [3.8, 4) is 0 Å². The predicted molar refractivity (Wildman–Crippen MR) is 92.9 cm³/mol. The summed E-state index contributed by atoms with van der Waals surface area (Å²) >= 11 is 0. The number of amides is 1. The number of hydrogen-bond donors (Lipinski definition) is 1. The number of carbonyl (C=O) groups is 2. The van der Waals surface area contributed by atoms with Crippen molar-refractivity contribution in [1.29, 1.82) is 0 Å². The maximum Gasteiger partial charge on any atom is 0.264 e. The number of rotatable bonds is 5. The molecule has 0 aromatic heterocycles. The highest BCUT2D eigenvalue weighted by molar-refractivity contribution is 6.10. The third-order valence-corrected chi connectivity index (χ3v) is 4.25. The lowest BCUT2D eigenvalue weighted by atomic mass is 9.88. The van der Waals surface area contributed by atoms with Crippen molar-refractivity contribution in [3.63, 3.8) is 0 Å². The van der Waals surface area contributed by atoms with E-state index in [1.54, 1.807) is 31.2 Å². The van der Waals surface area contributed by atoms with Gasteiger partial charge in [-0.05, 0) is 37.3 Å². The lowest BCUT2D eigenvalue weighted by molar-refractivity contribution is -0.135. The molecule has 0 spiro atoms. The number of aliphatic hydroxyl groups is 1. The number of carbonyl (C=O) groups excluding carboxylic acids is 2. The summed E-state index contributed by atoms with van der Waals surface area (Å²) in [6.07, 6.45) is -0.402. The summed E-state index contributed by atoms with van der Waals surface area (Å²) < 4.78 is 13.0. The van der Waals surface area contributed by atoms with E-state index in [0.717, 1.165) is 5.57 Å². The van der Waals surface area contributed by atoms with Gasteiger partial charge >= 0.3 is 0 Å². The lowest BCUT2D eigenvalue weighted by Gasteiger charge is -2.22. The van der Waals surface area contributed by atoms with E-state index in [1.165, 1.54) is 29.2 Å². The molecule has 1 atom stereocenters. The maximum atomic E-state index is 13.0. The summed E-state index contributed by atoms with van der Waals surface area (Å²) in [6.45, 7) is 5.87. The fourth-order valence-corrected chi connectivity index (χ4v) is 3.07. The van der Waals surface area contributed by atoms with Gasteiger partial charge in [-0.3, -0.25) is 9.59 Å². The van der Waals surface area contributed by atoms with Crippen molar-refractivity contribution in [1.82, 2.24) is 0 Å². The monoisotopic (exact) mass is 339 g/mol. The minimum Gasteiger partial charge on any atom is -0.375 e. The molecule has 1 aliphatic rings. The fraction of sp³-hybridized carbons (Fsp3) is 0.200. The molecule has 4 nitrogen and oxygen atoms in total. The smallest absolute Gasteiger partial charge is 0.264 e. The summed E-state index contributed by atoms with van der Waals surface area (Å²) in [5.74, 6) is -1.43. The van der Waals surface area contributed by atoms with Gasteiger partial charge < -0.3 is 10.0 Å². The van der Waals surface area contributed by atoms with Gasteiger partial charge in [0.05, 0.1) is 12.1 Å². The average molecular weight is 339 g/mol. The summed E-state index contributed by atoms with van der Waals surface area (Å²) in [6, 6.07) is 11.9. The number of para-hydroxylation sites is 1. The Morgan fingerprint density at radius 1 is 1.20 bits per heavy atom. The Morgan fingerprint density at radius 2 is 1.84 bits per heavy atom. The van der Waals surface area contributed by atoms with E-state index < -0.39 is 29.5 Å². The second kappa shape index (κ2) is 6.26. The molecule has 0 fully saturated rings. The van der Waals surface area contributed by atoms with Crippen LogP contribution in [0.15, 0.2) is 60.7 Å². The van der Waals surface area contributed by atoms with E-state index in [0.29, 0.717) is 11.3 Å². The summed E-state index contributed by atoms with van der Waals surface area (Å²) in [5.41, 5.74) is 0.0506. The Labute approximate surface area is 145 Å². The number of nitrogens with zero attached hydrogens (tertiary/aromatic N) is 1. The van der Waals surface area contributed by atoms with E-state index in [1.807, 2.05) is 0 Å². The van der Waals surface area contributed by atoms with Gasteiger partial charge in [-0.15, -0.1) is 0 Å². The number of Topliss-reactive ketones (excluding diaryl/α,β-unsaturated/α-hetero) is 1. The molecule has 0 bridgehead atoms. The van der Waals surface area contributed by atoms with Crippen LogP contribution in [0.5, 0.6) is 0 Å². The van der Waals surface area contributed by atoms with Gasteiger partial charge in [-0.25, -0.2) is 4.39 Å². The van der Waals surface area contributed by atoms with E-state index in [4.69, 9.17) is 0 Å². The Balaban J connectivity index is 1.96. The zero-order chi connectivity index (χ0) is 18.2. The molecule has 128 valence electrons. The van der Waals surface area contributed by atoms with Crippen LogP contribution in [0.2, 0.25) is 0 Å². The molecule has 0 aliphatic carbocycles.